The van der Waals surface area contributed by atoms with Crippen molar-refractivity contribution in [3.05, 3.63) is 54.1 Å². The number of piperidine rings is 1. The zero-order valence-corrected chi connectivity index (χ0v) is 18.0. The van der Waals surface area contributed by atoms with E-state index in [2.05, 4.69) is 23.1 Å². The lowest BCUT2D eigenvalue weighted by atomic mass is 10.1. The monoisotopic (exact) mass is 422 g/mol. The summed E-state index contributed by atoms with van der Waals surface area (Å²) in [6, 6.07) is 15.7. The van der Waals surface area contributed by atoms with E-state index in [9.17, 15) is 9.59 Å². The molecular formula is C24H30N4O3. The van der Waals surface area contributed by atoms with Crippen molar-refractivity contribution in [2.24, 2.45) is 5.73 Å². The van der Waals surface area contributed by atoms with Crippen molar-refractivity contribution in [1.82, 2.24) is 4.90 Å². The number of primary amides is 1. The summed E-state index contributed by atoms with van der Waals surface area (Å²) in [5.74, 6) is -0.153. The number of benzene rings is 2. The van der Waals surface area contributed by atoms with Gasteiger partial charge in [-0.25, -0.2) is 0 Å². The molecule has 0 aliphatic carbocycles. The highest BCUT2D eigenvalue weighted by Gasteiger charge is 2.32. The van der Waals surface area contributed by atoms with Gasteiger partial charge in [-0.2, -0.15) is 0 Å². The van der Waals surface area contributed by atoms with Crippen molar-refractivity contribution < 1.29 is 14.3 Å². The third kappa shape index (κ3) is 4.82. The topological polar surface area (TPSA) is 79.1 Å². The van der Waals surface area contributed by atoms with Crippen LogP contribution >= 0.6 is 0 Å². The van der Waals surface area contributed by atoms with Crippen LogP contribution in [-0.2, 0) is 16.1 Å². The predicted octanol–water partition coefficient (Wildman–Crippen LogP) is 2.39. The predicted molar refractivity (Wildman–Crippen MR) is 121 cm³/mol. The Kier molecular flexibility index (Phi) is 6.42. The van der Waals surface area contributed by atoms with E-state index in [0.717, 1.165) is 13.1 Å². The zero-order valence-electron chi connectivity index (χ0n) is 18.0. The fraction of sp³-hybridized carbons (Fsp3) is 0.417. The Balaban J connectivity index is 1.46. The molecule has 31 heavy (non-hydrogen) atoms. The van der Waals surface area contributed by atoms with Gasteiger partial charge in [0.05, 0.1) is 18.8 Å². The molecule has 1 saturated heterocycles. The van der Waals surface area contributed by atoms with Crippen molar-refractivity contribution >= 4 is 23.2 Å². The van der Waals surface area contributed by atoms with Gasteiger partial charge in [-0.05, 0) is 50.1 Å². The van der Waals surface area contributed by atoms with E-state index in [0.29, 0.717) is 18.0 Å². The normalized spacial score (nSPS) is 18.5. The smallest absolute Gasteiger partial charge is 0.260 e. The highest BCUT2D eigenvalue weighted by molar-refractivity contribution is 5.98. The Morgan fingerprint density at radius 2 is 1.71 bits per heavy atom. The lowest BCUT2D eigenvalue weighted by molar-refractivity contribution is -0.125. The molecule has 1 fully saturated rings. The summed E-state index contributed by atoms with van der Waals surface area (Å²) in [7, 11) is 1.95. The minimum atomic E-state index is -0.844. The Morgan fingerprint density at radius 3 is 2.45 bits per heavy atom. The third-order valence-electron chi connectivity index (χ3n) is 5.93. The van der Waals surface area contributed by atoms with E-state index in [-0.39, 0.29) is 19.0 Å². The van der Waals surface area contributed by atoms with Crippen LogP contribution in [0, 0.1) is 0 Å². The number of hydrogen-bond acceptors (Lipinski definition) is 5. The van der Waals surface area contributed by atoms with E-state index in [1.807, 2.05) is 36.2 Å². The number of para-hydroxylation sites is 3. The molecule has 7 nitrogen and oxygen atoms in total. The Labute approximate surface area is 183 Å². The number of likely N-dealkylation sites (N-methyl/N-ethyl adjacent to an activating group) is 1. The first kappa shape index (κ1) is 21.2. The molecule has 0 radical (unpaired) electrons. The van der Waals surface area contributed by atoms with Crippen LogP contribution in [0.1, 0.15) is 24.8 Å². The first-order valence-electron chi connectivity index (χ1n) is 10.9. The van der Waals surface area contributed by atoms with E-state index in [1.54, 1.807) is 11.0 Å². The fourth-order valence-corrected chi connectivity index (χ4v) is 4.37. The standard InChI is InChI=1S/C24H30N4O3/c1-26(15-18-9-3-4-10-19(18)27-13-7-2-8-14-27)17-23(29)28-16-22(24(25)30)31-21-12-6-5-11-20(21)28/h3-6,9-12,22H,2,7-8,13-17H2,1H3,(H2,25,30). The van der Waals surface area contributed by atoms with Gasteiger partial charge in [0.2, 0.25) is 5.91 Å². The Bertz CT molecular complexity index is 942. The number of carbonyl (C=O) groups excluding carboxylic acids is 2. The molecule has 1 atom stereocenters. The molecule has 0 saturated carbocycles. The molecule has 7 heteroatoms. The van der Waals surface area contributed by atoms with Gasteiger partial charge in [0, 0.05) is 25.3 Å². The molecule has 2 aliphatic rings. The maximum Gasteiger partial charge on any atom is 0.260 e. The van der Waals surface area contributed by atoms with Gasteiger partial charge >= 0.3 is 0 Å². The summed E-state index contributed by atoms with van der Waals surface area (Å²) < 4.78 is 5.67. The van der Waals surface area contributed by atoms with Crippen molar-refractivity contribution in [3.8, 4) is 5.75 Å². The second-order valence-corrected chi connectivity index (χ2v) is 8.33. The number of hydrogen-bond donors (Lipinski definition) is 1. The van der Waals surface area contributed by atoms with Crippen molar-refractivity contribution in [3.63, 3.8) is 0 Å². The molecule has 0 aromatic heterocycles. The van der Waals surface area contributed by atoms with Gasteiger partial charge in [-0.1, -0.05) is 30.3 Å². The SMILES string of the molecule is CN(CC(=O)N1CC(C(N)=O)Oc2ccccc21)Cc1ccccc1N1CCCCC1. The van der Waals surface area contributed by atoms with E-state index in [1.165, 1.54) is 30.5 Å². The number of amides is 2. The summed E-state index contributed by atoms with van der Waals surface area (Å²) in [5, 5.41) is 0. The minimum Gasteiger partial charge on any atom is -0.477 e. The molecule has 0 bridgehead atoms. The van der Waals surface area contributed by atoms with Gasteiger partial charge in [0.25, 0.3) is 5.91 Å². The Hall–Kier alpha value is -3.06. The van der Waals surface area contributed by atoms with Crippen molar-refractivity contribution in [1.29, 1.82) is 0 Å². The molecule has 2 aliphatic heterocycles. The van der Waals surface area contributed by atoms with Crippen LogP contribution in [0.5, 0.6) is 5.75 Å². The third-order valence-corrected chi connectivity index (χ3v) is 5.93. The number of rotatable bonds is 6. The summed E-state index contributed by atoms with van der Waals surface area (Å²) in [6.07, 6.45) is 2.89. The zero-order chi connectivity index (χ0) is 21.8. The van der Waals surface area contributed by atoms with Crippen LogP contribution < -0.4 is 20.3 Å². The first-order valence-corrected chi connectivity index (χ1v) is 10.9. The number of nitrogens with two attached hydrogens (primary N) is 1. The maximum atomic E-state index is 13.2. The summed E-state index contributed by atoms with van der Waals surface area (Å²) in [5.41, 5.74) is 8.61. The van der Waals surface area contributed by atoms with E-state index >= 15 is 0 Å². The van der Waals surface area contributed by atoms with Crippen LogP contribution in [0.4, 0.5) is 11.4 Å². The number of nitrogens with zero attached hydrogens (tertiary/aromatic N) is 3. The molecule has 1 unspecified atom stereocenters. The highest BCUT2D eigenvalue weighted by Crippen LogP contribution is 2.33. The molecule has 0 spiro atoms. The van der Waals surface area contributed by atoms with Gasteiger partial charge in [0.1, 0.15) is 5.75 Å². The molecule has 4 rings (SSSR count). The minimum absolute atomic E-state index is 0.0834. The number of carbonyl (C=O) groups is 2. The van der Waals surface area contributed by atoms with Crippen LogP contribution in [0.2, 0.25) is 0 Å². The average molecular weight is 423 g/mol. The van der Waals surface area contributed by atoms with E-state index < -0.39 is 12.0 Å². The summed E-state index contributed by atoms with van der Waals surface area (Å²) in [4.78, 5) is 31.0. The van der Waals surface area contributed by atoms with Crippen molar-refractivity contribution in [2.45, 2.75) is 31.9 Å². The molecule has 2 N–H and O–H groups in total. The largest absolute Gasteiger partial charge is 0.477 e. The first-order chi connectivity index (χ1) is 15.0. The van der Waals surface area contributed by atoms with Crippen LogP contribution in [0.3, 0.4) is 0 Å². The average Bonchev–Trinajstić information content (AvgIpc) is 2.79. The molecule has 2 aromatic rings. The van der Waals surface area contributed by atoms with Gasteiger partial charge < -0.3 is 20.3 Å². The second kappa shape index (κ2) is 9.39. The summed E-state index contributed by atoms with van der Waals surface area (Å²) in [6.45, 7) is 3.19. The fourth-order valence-electron chi connectivity index (χ4n) is 4.37. The Morgan fingerprint density at radius 1 is 1.03 bits per heavy atom. The number of ether oxygens (including phenoxy) is 1. The number of fused-ring (bicyclic) bond motifs is 1. The van der Waals surface area contributed by atoms with Crippen LogP contribution in [0.15, 0.2) is 48.5 Å². The van der Waals surface area contributed by atoms with E-state index in [4.69, 9.17) is 10.5 Å². The van der Waals surface area contributed by atoms with Gasteiger partial charge in [-0.15, -0.1) is 0 Å². The highest BCUT2D eigenvalue weighted by atomic mass is 16.5. The molecular weight excluding hydrogens is 392 g/mol. The second-order valence-electron chi connectivity index (χ2n) is 8.33. The van der Waals surface area contributed by atoms with Crippen LogP contribution in [0.25, 0.3) is 0 Å². The number of anilines is 2. The van der Waals surface area contributed by atoms with Crippen LogP contribution in [-0.4, -0.2) is 56.0 Å². The van der Waals surface area contributed by atoms with Gasteiger partial charge in [-0.3, -0.25) is 14.5 Å². The van der Waals surface area contributed by atoms with Gasteiger partial charge in [0.15, 0.2) is 6.10 Å². The molecule has 2 amide bonds. The van der Waals surface area contributed by atoms with Crippen molar-refractivity contribution in [2.75, 3.05) is 43.0 Å². The molecule has 164 valence electrons. The quantitative estimate of drug-likeness (QED) is 0.773. The molecule has 2 heterocycles. The lowest BCUT2D eigenvalue weighted by Crippen LogP contribution is -2.51. The lowest BCUT2D eigenvalue weighted by Gasteiger charge is -2.34. The summed E-state index contributed by atoms with van der Waals surface area (Å²) >= 11 is 0. The maximum absolute atomic E-state index is 13.2. The molecule has 2 aromatic carbocycles.